The number of hydrogen-bond acceptors (Lipinski definition) is 3. The second-order valence-corrected chi connectivity index (χ2v) is 5.33. The normalized spacial score (nSPS) is 9.76. The third kappa shape index (κ3) is 4.22. The van der Waals surface area contributed by atoms with Gasteiger partial charge in [0.15, 0.2) is 6.61 Å². The van der Waals surface area contributed by atoms with Gasteiger partial charge in [-0.1, -0.05) is 23.7 Å². The van der Waals surface area contributed by atoms with Crippen LogP contribution in [0.25, 0.3) is 0 Å². The summed E-state index contributed by atoms with van der Waals surface area (Å²) >= 11 is 9.23. The Hall–Kier alpha value is -2.03. The second kappa shape index (κ2) is 7.11. The van der Waals surface area contributed by atoms with E-state index in [4.69, 9.17) is 21.6 Å². The minimum absolute atomic E-state index is 0.149. The number of nitriles is 1. The number of nitrogens with zero attached hydrogens (tertiary/aromatic N) is 1. The number of para-hydroxylation sites is 1. The molecule has 0 atom stereocenters. The van der Waals surface area contributed by atoms with E-state index in [0.717, 1.165) is 4.47 Å². The lowest BCUT2D eigenvalue weighted by molar-refractivity contribution is -0.118. The zero-order chi connectivity index (χ0) is 15.2. The van der Waals surface area contributed by atoms with Gasteiger partial charge in [-0.05, 0) is 40.2 Å². The van der Waals surface area contributed by atoms with E-state index in [-0.39, 0.29) is 12.5 Å². The lowest BCUT2D eigenvalue weighted by atomic mass is 10.2. The molecule has 0 saturated carbocycles. The number of hydrogen-bond donors (Lipinski definition) is 1. The largest absolute Gasteiger partial charge is 0.484 e. The van der Waals surface area contributed by atoms with Crippen molar-refractivity contribution in [2.24, 2.45) is 0 Å². The molecule has 2 aromatic carbocycles. The van der Waals surface area contributed by atoms with Crippen LogP contribution in [0, 0.1) is 11.3 Å². The summed E-state index contributed by atoms with van der Waals surface area (Å²) < 4.78 is 6.13. The monoisotopic (exact) mass is 364 g/mol. The van der Waals surface area contributed by atoms with Crippen LogP contribution in [0.5, 0.6) is 5.75 Å². The van der Waals surface area contributed by atoms with Crippen molar-refractivity contribution in [3.8, 4) is 11.8 Å². The van der Waals surface area contributed by atoms with Crippen LogP contribution in [-0.4, -0.2) is 12.5 Å². The molecule has 2 aromatic rings. The quantitative estimate of drug-likeness (QED) is 0.891. The molecule has 0 heterocycles. The van der Waals surface area contributed by atoms with E-state index in [0.29, 0.717) is 22.0 Å². The Labute approximate surface area is 135 Å². The zero-order valence-electron chi connectivity index (χ0n) is 10.8. The van der Waals surface area contributed by atoms with Crippen molar-refractivity contribution in [3.05, 3.63) is 57.5 Å². The molecule has 4 nitrogen and oxygen atoms in total. The summed E-state index contributed by atoms with van der Waals surface area (Å²) in [7, 11) is 0. The fourth-order valence-electron chi connectivity index (χ4n) is 1.57. The molecule has 2 rings (SSSR count). The molecule has 6 heteroatoms. The van der Waals surface area contributed by atoms with E-state index in [2.05, 4.69) is 21.2 Å². The van der Waals surface area contributed by atoms with E-state index in [1.165, 1.54) is 6.07 Å². The number of rotatable bonds is 4. The van der Waals surface area contributed by atoms with Crippen LogP contribution in [0.1, 0.15) is 5.56 Å². The Morgan fingerprint density at radius 1 is 1.33 bits per heavy atom. The van der Waals surface area contributed by atoms with Gasteiger partial charge in [0.1, 0.15) is 11.8 Å². The Morgan fingerprint density at radius 2 is 2.10 bits per heavy atom. The smallest absolute Gasteiger partial charge is 0.262 e. The van der Waals surface area contributed by atoms with Crippen molar-refractivity contribution in [1.29, 1.82) is 5.26 Å². The van der Waals surface area contributed by atoms with Gasteiger partial charge in [0.25, 0.3) is 5.91 Å². The average Bonchev–Trinajstić information content (AvgIpc) is 2.48. The molecule has 1 N–H and O–H groups in total. The van der Waals surface area contributed by atoms with Crippen molar-refractivity contribution in [1.82, 2.24) is 0 Å². The molecule has 0 radical (unpaired) electrons. The van der Waals surface area contributed by atoms with Crippen molar-refractivity contribution >= 4 is 39.1 Å². The van der Waals surface area contributed by atoms with Crippen molar-refractivity contribution in [2.75, 3.05) is 11.9 Å². The van der Waals surface area contributed by atoms with Crippen LogP contribution in [0.2, 0.25) is 5.02 Å². The van der Waals surface area contributed by atoms with Gasteiger partial charge in [-0.15, -0.1) is 0 Å². The van der Waals surface area contributed by atoms with E-state index in [9.17, 15) is 4.79 Å². The average molecular weight is 366 g/mol. The molecule has 0 bridgehead atoms. The minimum atomic E-state index is -0.289. The highest BCUT2D eigenvalue weighted by Gasteiger charge is 2.07. The minimum Gasteiger partial charge on any atom is -0.484 e. The molecule has 0 saturated heterocycles. The molecule has 0 aliphatic heterocycles. The molecule has 0 aliphatic rings. The summed E-state index contributed by atoms with van der Waals surface area (Å²) in [5.74, 6) is 0.142. The first-order valence-electron chi connectivity index (χ1n) is 5.97. The molecule has 21 heavy (non-hydrogen) atoms. The van der Waals surface area contributed by atoms with Gasteiger partial charge in [-0.2, -0.15) is 5.26 Å². The van der Waals surface area contributed by atoms with Gasteiger partial charge >= 0.3 is 0 Å². The van der Waals surface area contributed by atoms with E-state index < -0.39 is 0 Å². The molecule has 0 fully saturated rings. The highest BCUT2D eigenvalue weighted by Crippen LogP contribution is 2.23. The molecular weight excluding hydrogens is 356 g/mol. The van der Waals surface area contributed by atoms with Gasteiger partial charge in [-0.3, -0.25) is 4.79 Å². The van der Waals surface area contributed by atoms with E-state index in [1.807, 2.05) is 24.3 Å². The second-order valence-electron chi connectivity index (χ2n) is 4.07. The fraction of sp³-hybridized carbons (Fsp3) is 0.0667. The predicted molar refractivity (Wildman–Crippen MR) is 84.4 cm³/mol. The number of nitrogens with one attached hydrogen (secondary N) is 1. The van der Waals surface area contributed by atoms with Crippen molar-refractivity contribution in [2.45, 2.75) is 0 Å². The number of halogens is 2. The van der Waals surface area contributed by atoms with Gasteiger partial charge in [0.2, 0.25) is 0 Å². The number of amides is 1. The number of anilines is 1. The SMILES string of the molecule is N#Cc1ccc(OCC(=O)Nc2ccccc2Br)cc1Cl. The Kier molecular flexibility index (Phi) is 5.20. The lowest BCUT2D eigenvalue weighted by Gasteiger charge is -2.09. The molecule has 0 aromatic heterocycles. The summed E-state index contributed by atoms with van der Waals surface area (Å²) in [6.45, 7) is -0.149. The molecule has 0 spiro atoms. The van der Waals surface area contributed by atoms with E-state index >= 15 is 0 Å². The van der Waals surface area contributed by atoms with Gasteiger partial charge in [0, 0.05) is 10.5 Å². The lowest BCUT2D eigenvalue weighted by Crippen LogP contribution is -2.20. The first-order chi connectivity index (χ1) is 10.1. The summed E-state index contributed by atoms with van der Waals surface area (Å²) in [5, 5.41) is 11.8. The topological polar surface area (TPSA) is 62.1 Å². The molecule has 0 aliphatic carbocycles. The predicted octanol–water partition coefficient (Wildman–Crippen LogP) is 3.99. The summed E-state index contributed by atoms with van der Waals surface area (Å²) in [6.07, 6.45) is 0. The third-order valence-electron chi connectivity index (χ3n) is 2.58. The van der Waals surface area contributed by atoms with Gasteiger partial charge in [-0.25, -0.2) is 0 Å². The number of benzene rings is 2. The molecule has 0 unspecified atom stereocenters. The van der Waals surface area contributed by atoms with Gasteiger partial charge in [0.05, 0.1) is 16.3 Å². The van der Waals surface area contributed by atoms with Crippen LogP contribution >= 0.6 is 27.5 Å². The third-order valence-corrected chi connectivity index (χ3v) is 3.58. The number of carbonyl (C=O) groups is 1. The van der Waals surface area contributed by atoms with Crippen LogP contribution in [0.3, 0.4) is 0 Å². The van der Waals surface area contributed by atoms with Crippen LogP contribution in [0.4, 0.5) is 5.69 Å². The Balaban J connectivity index is 1.94. The maximum atomic E-state index is 11.8. The Bertz CT molecular complexity index is 713. The Morgan fingerprint density at radius 3 is 2.76 bits per heavy atom. The molecule has 106 valence electrons. The number of ether oxygens (including phenoxy) is 1. The summed E-state index contributed by atoms with van der Waals surface area (Å²) in [6, 6.07) is 13.9. The summed E-state index contributed by atoms with van der Waals surface area (Å²) in [5.41, 5.74) is 1.03. The van der Waals surface area contributed by atoms with Crippen molar-refractivity contribution < 1.29 is 9.53 Å². The highest BCUT2D eigenvalue weighted by molar-refractivity contribution is 9.10. The first-order valence-corrected chi connectivity index (χ1v) is 7.14. The van der Waals surface area contributed by atoms with Crippen molar-refractivity contribution in [3.63, 3.8) is 0 Å². The molecular formula is C15H10BrClN2O2. The maximum absolute atomic E-state index is 11.8. The van der Waals surface area contributed by atoms with Crippen LogP contribution < -0.4 is 10.1 Å². The first kappa shape index (κ1) is 15.4. The standard InChI is InChI=1S/C15H10BrClN2O2/c16-12-3-1-2-4-14(12)19-15(20)9-21-11-6-5-10(8-18)13(17)7-11/h1-7H,9H2,(H,19,20). The summed E-state index contributed by atoms with van der Waals surface area (Å²) in [4.78, 5) is 11.8. The van der Waals surface area contributed by atoms with Crippen LogP contribution in [0.15, 0.2) is 46.9 Å². The fourth-order valence-corrected chi connectivity index (χ4v) is 2.17. The molecule has 1 amide bonds. The van der Waals surface area contributed by atoms with E-state index in [1.54, 1.807) is 18.2 Å². The zero-order valence-corrected chi connectivity index (χ0v) is 13.1. The highest BCUT2D eigenvalue weighted by atomic mass is 79.9. The van der Waals surface area contributed by atoms with Crippen LogP contribution in [-0.2, 0) is 4.79 Å². The maximum Gasteiger partial charge on any atom is 0.262 e. The number of carbonyl (C=O) groups excluding carboxylic acids is 1. The van der Waals surface area contributed by atoms with Gasteiger partial charge < -0.3 is 10.1 Å².